The third-order valence-corrected chi connectivity index (χ3v) is 3.08. The van der Waals surface area contributed by atoms with E-state index in [9.17, 15) is 4.39 Å². The molecule has 0 aromatic heterocycles. The van der Waals surface area contributed by atoms with Crippen LogP contribution in [0.15, 0.2) is 0 Å². The maximum Gasteiger partial charge on any atom is 0.118 e. The van der Waals surface area contributed by atoms with E-state index >= 15 is 0 Å². The molecule has 0 amide bonds. The minimum atomic E-state index is -0.550. The van der Waals surface area contributed by atoms with Crippen molar-refractivity contribution in [3.8, 4) is 0 Å². The maximum absolute atomic E-state index is 13.5. The largest absolute Gasteiger partial charge is 0.311 e. The zero-order valence-corrected chi connectivity index (χ0v) is 8.08. The van der Waals surface area contributed by atoms with Crippen LogP contribution in [-0.2, 0) is 0 Å². The highest BCUT2D eigenvalue weighted by molar-refractivity contribution is 5.85. The molecule has 0 bridgehead atoms. The van der Waals surface area contributed by atoms with Crippen LogP contribution < -0.4 is 5.32 Å². The van der Waals surface area contributed by atoms with Gasteiger partial charge in [-0.1, -0.05) is 6.42 Å². The van der Waals surface area contributed by atoms with Crippen LogP contribution in [0.3, 0.4) is 0 Å². The normalized spacial score (nSPS) is 32.2. The average molecular weight is 194 g/mol. The van der Waals surface area contributed by atoms with Crippen LogP contribution in [-0.4, -0.2) is 18.8 Å². The molecule has 0 aromatic rings. The van der Waals surface area contributed by atoms with Gasteiger partial charge in [-0.15, -0.1) is 12.4 Å². The summed E-state index contributed by atoms with van der Waals surface area (Å²) >= 11 is 0. The monoisotopic (exact) mass is 193 g/mol. The highest BCUT2D eigenvalue weighted by Crippen LogP contribution is 2.34. The number of hydrogen-bond donors (Lipinski definition) is 1. The molecule has 1 saturated heterocycles. The van der Waals surface area contributed by atoms with Gasteiger partial charge in [0.05, 0.1) is 0 Å². The summed E-state index contributed by atoms with van der Waals surface area (Å²) in [5, 5.41) is 3.23. The molecule has 2 rings (SSSR count). The van der Waals surface area contributed by atoms with Gasteiger partial charge in [0.25, 0.3) is 0 Å². The van der Waals surface area contributed by atoms with Crippen molar-refractivity contribution < 1.29 is 4.39 Å². The van der Waals surface area contributed by atoms with Crippen molar-refractivity contribution >= 4 is 12.4 Å². The summed E-state index contributed by atoms with van der Waals surface area (Å²) in [6.07, 6.45) is 5.16. The molecule has 0 radical (unpaired) electrons. The van der Waals surface area contributed by atoms with Crippen LogP contribution in [0.4, 0.5) is 4.39 Å². The quantitative estimate of drug-likeness (QED) is 0.710. The van der Waals surface area contributed by atoms with E-state index in [2.05, 4.69) is 5.32 Å². The number of rotatable bonds is 2. The molecule has 1 heterocycles. The van der Waals surface area contributed by atoms with Crippen molar-refractivity contribution in [1.82, 2.24) is 5.32 Å². The number of halogens is 2. The van der Waals surface area contributed by atoms with E-state index in [0.717, 1.165) is 32.2 Å². The lowest BCUT2D eigenvalue weighted by atomic mass is 9.79. The van der Waals surface area contributed by atoms with Crippen LogP contribution in [0, 0.1) is 5.92 Å². The Morgan fingerprint density at radius 2 is 1.92 bits per heavy atom. The molecule has 1 aliphatic carbocycles. The van der Waals surface area contributed by atoms with E-state index in [4.69, 9.17) is 0 Å². The Morgan fingerprint density at radius 1 is 1.17 bits per heavy atom. The van der Waals surface area contributed by atoms with E-state index < -0.39 is 6.17 Å². The van der Waals surface area contributed by atoms with E-state index in [1.165, 1.54) is 6.42 Å². The first-order valence-corrected chi connectivity index (χ1v) is 4.75. The molecule has 2 fully saturated rings. The molecule has 1 nitrogen and oxygen atoms in total. The third kappa shape index (κ3) is 1.91. The summed E-state index contributed by atoms with van der Waals surface area (Å²) in [7, 11) is 0. The Kier molecular flexibility index (Phi) is 3.78. The Hall–Kier alpha value is 0.180. The minimum Gasteiger partial charge on any atom is -0.311 e. The van der Waals surface area contributed by atoms with Gasteiger partial charge in [-0.3, -0.25) is 0 Å². The summed E-state index contributed by atoms with van der Waals surface area (Å²) in [4.78, 5) is 0. The Labute approximate surface area is 79.5 Å². The van der Waals surface area contributed by atoms with Gasteiger partial charge in [0.2, 0.25) is 0 Å². The molecule has 2 atom stereocenters. The summed E-state index contributed by atoms with van der Waals surface area (Å²) < 4.78 is 13.5. The predicted molar refractivity (Wildman–Crippen MR) is 50.5 cm³/mol. The zero-order chi connectivity index (χ0) is 7.68. The van der Waals surface area contributed by atoms with Crippen molar-refractivity contribution in [2.75, 3.05) is 6.54 Å². The minimum absolute atomic E-state index is 0. The van der Waals surface area contributed by atoms with Crippen molar-refractivity contribution in [2.45, 2.75) is 44.3 Å². The third-order valence-electron chi connectivity index (χ3n) is 3.08. The number of nitrogens with one attached hydrogen (secondary N) is 1. The molecule has 0 spiro atoms. The van der Waals surface area contributed by atoms with Gasteiger partial charge in [0.15, 0.2) is 0 Å². The number of alkyl halides is 1. The van der Waals surface area contributed by atoms with E-state index in [1.54, 1.807) is 0 Å². The van der Waals surface area contributed by atoms with Gasteiger partial charge in [-0.05, 0) is 38.1 Å². The molecule has 1 saturated carbocycles. The molecule has 2 aliphatic rings. The first-order valence-electron chi connectivity index (χ1n) is 4.75. The Balaban J connectivity index is 0.000000720. The second-order valence-corrected chi connectivity index (χ2v) is 3.84. The first kappa shape index (κ1) is 10.3. The summed E-state index contributed by atoms with van der Waals surface area (Å²) in [5.41, 5.74) is 0. The van der Waals surface area contributed by atoms with Gasteiger partial charge in [0, 0.05) is 6.04 Å². The van der Waals surface area contributed by atoms with Crippen molar-refractivity contribution in [3.05, 3.63) is 0 Å². The second-order valence-electron chi connectivity index (χ2n) is 3.84. The first-order chi connectivity index (χ1) is 5.38. The maximum atomic E-state index is 13.5. The molecule has 2 unspecified atom stereocenters. The lowest BCUT2D eigenvalue weighted by Gasteiger charge is -2.31. The molecule has 0 aromatic carbocycles. The fraction of sp³-hybridized carbons (Fsp3) is 1.00. The smallest absolute Gasteiger partial charge is 0.118 e. The molecule has 3 heteroatoms. The lowest BCUT2D eigenvalue weighted by molar-refractivity contribution is 0.117. The van der Waals surface area contributed by atoms with Crippen molar-refractivity contribution in [3.63, 3.8) is 0 Å². The molecule has 12 heavy (non-hydrogen) atoms. The van der Waals surface area contributed by atoms with Crippen LogP contribution in [0.5, 0.6) is 0 Å². The van der Waals surface area contributed by atoms with Gasteiger partial charge in [-0.25, -0.2) is 4.39 Å². The molecular formula is C9H17ClFN. The second kappa shape index (κ2) is 4.43. The Morgan fingerprint density at radius 3 is 2.33 bits per heavy atom. The van der Waals surface area contributed by atoms with E-state index in [-0.39, 0.29) is 18.4 Å². The molecule has 72 valence electrons. The fourth-order valence-corrected chi connectivity index (χ4v) is 2.07. The van der Waals surface area contributed by atoms with Gasteiger partial charge in [0.1, 0.15) is 6.17 Å². The standard InChI is InChI=1S/C9H16FN.ClH/c10-9(7-3-1-4-7)8-5-2-6-11-8;/h7-9,11H,1-6H2;1H. The van der Waals surface area contributed by atoms with Gasteiger partial charge >= 0.3 is 0 Å². The Bertz CT molecular complexity index is 132. The van der Waals surface area contributed by atoms with E-state index in [0.29, 0.717) is 5.92 Å². The summed E-state index contributed by atoms with van der Waals surface area (Å²) in [5.74, 6) is 0.394. The molecule has 1 N–H and O–H groups in total. The lowest BCUT2D eigenvalue weighted by Crippen LogP contribution is -2.39. The average Bonchev–Trinajstić information content (AvgIpc) is 2.32. The predicted octanol–water partition coefficient (Wildman–Crippen LogP) is 2.30. The van der Waals surface area contributed by atoms with Crippen LogP contribution in [0.2, 0.25) is 0 Å². The van der Waals surface area contributed by atoms with Gasteiger partial charge < -0.3 is 5.32 Å². The van der Waals surface area contributed by atoms with Crippen molar-refractivity contribution in [2.24, 2.45) is 5.92 Å². The van der Waals surface area contributed by atoms with Gasteiger partial charge in [-0.2, -0.15) is 0 Å². The summed E-state index contributed by atoms with van der Waals surface area (Å²) in [6.45, 7) is 1.03. The molecular weight excluding hydrogens is 177 g/mol. The van der Waals surface area contributed by atoms with Crippen LogP contribution >= 0.6 is 12.4 Å². The van der Waals surface area contributed by atoms with Crippen LogP contribution in [0.25, 0.3) is 0 Å². The zero-order valence-electron chi connectivity index (χ0n) is 7.26. The van der Waals surface area contributed by atoms with E-state index in [1.807, 2.05) is 0 Å². The SMILES string of the molecule is Cl.FC(C1CCC1)C1CCCN1. The highest BCUT2D eigenvalue weighted by Gasteiger charge is 2.34. The summed E-state index contributed by atoms with van der Waals surface area (Å²) in [6, 6.07) is 0.195. The fourth-order valence-electron chi connectivity index (χ4n) is 2.07. The molecule has 1 aliphatic heterocycles. The number of hydrogen-bond acceptors (Lipinski definition) is 1. The van der Waals surface area contributed by atoms with Crippen LogP contribution in [0.1, 0.15) is 32.1 Å². The van der Waals surface area contributed by atoms with Crippen molar-refractivity contribution in [1.29, 1.82) is 0 Å². The highest BCUT2D eigenvalue weighted by atomic mass is 35.5. The topological polar surface area (TPSA) is 12.0 Å².